The molecule has 0 N–H and O–H groups in total. The van der Waals surface area contributed by atoms with Gasteiger partial charge in [0.25, 0.3) is 0 Å². The van der Waals surface area contributed by atoms with Gasteiger partial charge in [-0.1, -0.05) is 11.3 Å². The molecular formula is C10H15BrN4S. The molecule has 88 valence electrons. The number of rotatable bonds is 1. The lowest BCUT2D eigenvalue weighted by Gasteiger charge is -2.41. The molecule has 0 aliphatic carbocycles. The minimum absolute atomic E-state index is 0.550. The highest BCUT2D eigenvalue weighted by molar-refractivity contribution is 9.11. The first kappa shape index (κ1) is 10.9. The highest BCUT2D eigenvalue weighted by Crippen LogP contribution is 2.31. The lowest BCUT2D eigenvalue weighted by molar-refractivity contribution is 0.202. The van der Waals surface area contributed by atoms with Gasteiger partial charge in [0.05, 0.1) is 0 Å². The number of piperazine rings is 1. The standard InChI is InChI=1S/C10H15BrN4S/c1-7-5-14-4-2-3-8(14)6-15(7)10-13-12-9(11)16-10/h7-8H,2-6H2,1H3. The van der Waals surface area contributed by atoms with E-state index in [2.05, 4.69) is 42.9 Å². The van der Waals surface area contributed by atoms with Crippen molar-refractivity contribution in [3.8, 4) is 0 Å². The van der Waals surface area contributed by atoms with Gasteiger partial charge >= 0.3 is 0 Å². The summed E-state index contributed by atoms with van der Waals surface area (Å²) in [5.41, 5.74) is 0. The van der Waals surface area contributed by atoms with Crippen LogP contribution in [0.1, 0.15) is 19.8 Å². The average molecular weight is 303 g/mol. The van der Waals surface area contributed by atoms with Crippen LogP contribution in [0.5, 0.6) is 0 Å². The Bertz CT molecular complexity index is 383. The minimum atomic E-state index is 0.550. The molecule has 0 saturated carbocycles. The molecule has 16 heavy (non-hydrogen) atoms. The summed E-state index contributed by atoms with van der Waals surface area (Å²) in [5, 5.41) is 9.34. The van der Waals surface area contributed by atoms with E-state index in [9.17, 15) is 0 Å². The van der Waals surface area contributed by atoms with Crippen molar-refractivity contribution in [2.45, 2.75) is 31.8 Å². The first-order chi connectivity index (χ1) is 7.74. The highest BCUT2D eigenvalue weighted by atomic mass is 79.9. The molecule has 4 nitrogen and oxygen atoms in total. The zero-order valence-electron chi connectivity index (χ0n) is 9.27. The van der Waals surface area contributed by atoms with Crippen LogP contribution in [0.4, 0.5) is 5.13 Å². The first-order valence-electron chi connectivity index (χ1n) is 5.74. The quantitative estimate of drug-likeness (QED) is 0.794. The van der Waals surface area contributed by atoms with E-state index in [1.165, 1.54) is 25.9 Å². The van der Waals surface area contributed by atoms with Gasteiger partial charge in [0, 0.05) is 25.2 Å². The van der Waals surface area contributed by atoms with Crippen LogP contribution in [0.25, 0.3) is 0 Å². The summed E-state index contributed by atoms with van der Waals surface area (Å²) in [7, 11) is 0. The normalized spacial score (nSPS) is 30.8. The van der Waals surface area contributed by atoms with Crippen molar-refractivity contribution in [3.05, 3.63) is 3.92 Å². The van der Waals surface area contributed by atoms with Crippen molar-refractivity contribution in [2.24, 2.45) is 0 Å². The summed E-state index contributed by atoms with van der Waals surface area (Å²) in [4.78, 5) is 5.03. The molecule has 2 aliphatic heterocycles. The molecule has 1 aromatic heterocycles. The monoisotopic (exact) mass is 302 g/mol. The third-order valence-corrected chi connectivity index (χ3v) is 4.97. The molecule has 2 aliphatic rings. The van der Waals surface area contributed by atoms with Gasteiger partial charge in [-0.25, -0.2) is 0 Å². The molecule has 0 aromatic carbocycles. The molecule has 2 saturated heterocycles. The third kappa shape index (κ3) is 1.87. The Kier molecular flexibility index (Phi) is 2.89. The Morgan fingerprint density at radius 1 is 1.38 bits per heavy atom. The van der Waals surface area contributed by atoms with E-state index in [-0.39, 0.29) is 0 Å². The Labute approximate surface area is 108 Å². The van der Waals surface area contributed by atoms with E-state index < -0.39 is 0 Å². The van der Waals surface area contributed by atoms with Crippen LogP contribution in [0, 0.1) is 0 Å². The fraction of sp³-hybridized carbons (Fsp3) is 0.800. The van der Waals surface area contributed by atoms with Gasteiger partial charge in [-0.3, -0.25) is 4.90 Å². The largest absolute Gasteiger partial charge is 0.341 e. The average Bonchev–Trinajstić information content (AvgIpc) is 2.84. The van der Waals surface area contributed by atoms with Gasteiger partial charge in [-0.15, -0.1) is 10.2 Å². The summed E-state index contributed by atoms with van der Waals surface area (Å²) < 4.78 is 0.878. The lowest BCUT2D eigenvalue weighted by Crippen LogP contribution is -2.55. The Morgan fingerprint density at radius 3 is 3.00 bits per heavy atom. The Balaban J connectivity index is 1.80. The van der Waals surface area contributed by atoms with Gasteiger partial charge in [0.15, 0.2) is 3.92 Å². The number of hydrogen-bond acceptors (Lipinski definition) is 5. The van der Waals surface area contributed by atoms with Crippen LogP contribution >= 0.6 is 27.3 Å². The number of anilines is 1. The van der Waals surface area contributed by atoms with Gasteiger partial charge < -0.3 is 4.90 Å². The fourth-order valence-corrected chi connectivity index (χ4v) is 3.97. The Hall–Kier alpha value is -0.200. The van der Waals surface area contributed by atoms with E-state index >= 15 is 0 Å². The maximum Gasteiger partial charge on any atom is 0.209 e. The van der Waals surface area contributed by atoms with Gasteiger partial charge in [-0.05, 0) is 42.2 Å². The van der Waals surface area contributed by atoms with E-state index in [1.807, 2.05) is 0 Å². The van der Waals surface area contributed by atoms with Crippen molar-refractivity contribution in [2.75, 3.05) is 24.5 Å². The van der Waals surface area contributed by atoms with Crippen molar-refractivity contribution < 1.29 is 0 Å². The fourth-order valence-electron chi connectivity index (χ4n) is 2.77. The molecule has 2 unspecified atom stereocenters. The summed E-state index contributed by atoms with van der Waals surface area (Å²) in [6, 6.07) is 1.29. The number of aromatic nitrogens is 2. The van der Waals surface area contributed by atoms with Gasteiger partial charge in [-0.2, -0.15) is 0 Å². The van der Waals surface area contributed by atoms with Gasteiger partial charge in [0.1, 0.15) is 0 Å². The van der Waals surface area contributed by atoms with Crippen LogP contribution < -0.4 is 4.90 Å². The van der Waals surface area contributed by atoms with Crippen molar-refractivity contribution in [1.29, 1.82) is 0 Å². The zero-order chi connectivity index (χ0) is 11.1. The maximum atomic E-state index is 4.23. The molecule has 3 heterocycles. The lowest BCUT2D eigenvalue weighted by atomic mass is 10.1. The van der Waals surface area contributed by atoms with Crippen molar-refractivity contribution in [1.82, 2.24) is 15.1 Å². The maximum absolute atomic E-state index is 4.23. The molecule has 1 aromatic rings. The second-order valence-electron chi connectivity index (χ2n) is 4.63. The van der Waals surface area contributed by atoms with E-state index in [4.69, 9.17) is 0 Å². The number of fused-ring (bicyclic) bond motifs is 1. The van der Waals surface area contributed by atoms with Gasteiger partial charge in [0.2, 0.25) is 5.13 Å². The summed E-state index contributed by atoms with van der Waals surface area (Å²) in [6.45, 7) is 5.84. The first-order valence-corrected chi connectivity index (χ1v) is 7.34. The molecule has 0 spiro atoms. The van der Waals surface area contributed by atoms with Crippen LogP contribution in [0.15, 0.2) is 3.92 Å². The number of hydrogen-bond donors (Lipinski definition) is 0. The number of nitrogens with zero attached hydrogens (tertiary/aromatic N) is 4. The van der Waals surface area contributed by atoms with Crippen LogP contribution in [-0.4, -0.2) is 46.8 Å². The van der Waals surface area contributed by atoms with Crippen molar-refractivity contribution in [3.63, 3.8) is 0 Å². The molecule has 2 atom stereocenters. The van der Waals surface area contributed by atoms with E-state index in [1.54, 1.807) is 11.3 Å². The summed E-state index contributed by atoms with van der Waals surface area (Å²) in [6.07, 6.45) is 2.69. The SMILES string of the molecule is CC1CN2CCCC2CN1c1nnc(Br)s1. The highest BCUT2D eigenvalue weighted by Gasteiger charge is 2.35. The molecule has 0 radical (unpaired) electrons. The second-order valence-corrected chi connectivity index (χ2v) is 6.86. The molecule has 0 bridgehead atoms. The third-order valence-electron chi connectivity index (χ3n) is 3.57. The topological polar surface area (TPSA) is 32.3 Å². The molecule has 0 amide bonds. The van der Waals surface area contributed by atoms with E-state index in [0.717, 1.165) is 21.6 Å². The molecule has 3 rings (SSSR count). The van der Waals surface area contributed by atoms with Crippen LogP contribution in [0.2, 0.25) is 0 Å². The zero-order valence-corrected chi connectivity index (χ0v) is 11.7. The number of halogens is 1. The smallest absolute Gasteiger partial charge is 0.209 e. The minimum Gasteiger partial charge on any atom is -0.341 e. The predicted octanol–water partition coefficient (Wildman–Crippen LogP) is 1.97. The molecule has 2 fully saturated rings. The van der Waals surface area contributed by atoms with Crippen LogP contribution in [-0.2, 0) is 0 Å². The molecule has 6 heteroatoms. The van der Waals surface area contributed by atoms with Crippen LogP contribution in [0.3, 0.4) is 0 Å². The summed E-state index contributed by atoms with van der Waals surface area (Å²) >= 11 is 5.02. The Morgan fingerprint density at radius 2 is 2.25 bits per heavy atom. The van der Waals surface area contributed by atoms with E-state index in [0.29, 0.717) is 6.04 Å². The predicted molar refractivity (Wildman–Crippen MR) is 69.0 cm³/mol. The van der Waals surface area contributed by atoms with Crippen molar-refractivity contribution >= 4 is 32.4 Å². The molecular weight excluding hydrogens is 288 g/mol. The second kappa shape index (κ2) is 4.23. The summed E-state index contributed by atoms with van der Waals surface area (Å²) in [5.74, 6) is 0.